The molecule has 0 spiro atoms. The fourth-order valence-corrected chi connectivity index (χ4v) is 4.26. The first-order chi connectivity index (χ1) is 12.8. The number of carboxylic acid groups (broad SMARTS) is 1. The number of nitrogens with one attached hydrogen (secondary N) is 1. The third kappa shape index (κ3) is 4.63. The highest BCUT2D eigenvalue weighted by Crippen LogP contribution is 2.41. The molecule has 2 N–H and O–H groups in total. The molecule has 146 valence electrons. The molecule has 0 atom stereocenters. The molecule has 0 unspecified atom stereocenters. The molecule has 0 saturated heterocycles. The lowest BCUT2D eigenvalue weighted by molar-refractivity contribution is 0.0697. The lowest BCUT2D eigenvalue weighted by Gasteiger charge is -2.22. The molecule has 0 saturated carbocycles. The molecule has 6 nitrogen and oxygen atoms in total. The van der Waals surface area contributed by atoms with Gasteiger partial charge in [-0.1, -0.05) is 6.07 Å². The van der Waals surface area contributed by atoms with Crippen LogP contribution in [0.4, 0.5) is 18.6 Å². The molecule has 0 fully saturated rings. The molecule has 1 heterocycles. The van der Waals surface area contributed by atoms with Gasteiger partial charge in [0.2, 0.25) is 0 Å². The molecule has 0 aliphatic carbocycles. The summed E-state index contributed by atoms with van der Waals surface area (Å²) in [5.41, 5.74) is -0.0686. The van der Waals surface area contributed by atoms with Crippen molar-refractivity contribution in [3.63, 3.8) is 0 Å². The Labute approximate surface area is 166 Å². The number of rotatable bonds is 7. The van der Waals surface area contributed by atoms with Crippen molar-refractivity contribution in [2.24, 2.45) is 0 Å². The molecule has 0 aliphatic rings. The zero-order valence-electron chi connectivity index (χ0n) is 14.5. The number of carbonyl (C=O) groups is 2. The van der Waals surface area contributed by atoms with Crippen LogP contribution in [-0.2, 0) is 17.8 Å². The van der Waals surface area contributed by atoms with E-state index in [1.807, 2.05) is 0 Å². The number of anilines is 1. The van der Waals surface area contributed by atoms with Crippen LogP contribution in [-0.4, -0.2) is 30.8 Å². The van der Waals surface area contributed by atoms with Gasteiger partial charge in [0, 0.05) is 17.7 Å². The van der Waals surface area contributed by atoms with Crippen LogP contribution in [0.5, 0.6) is 0 Å². The van der Waals surface area contributed by atoms with E-state index in [0.29, 0.717) is 9.35 Å². The highest BCUT2D eigenvalue weighted by atomic mass is 79.9. The maximum absolute atomic E-state index is 14.1. The smallest absolute Gasteiger partial charge is 0.415 e. The van der Waals surface area contributed by atoms with E-state index in [1.165, 1.54) is 6.07 Å². The number of benzene rings is 1. The number of carboxylic acids is 1. The zero-order valence-corrected chi connectivity index (χ0v) is 16.9. The second-order valence-corrected chi connectivity index (χ2v) is 7.67. The van der Waals surface area contributed by atoms with Crippen LogP contribution in [0.3, 0.4) is 0 Å². The van der Waals surface area contributed by atoms with Crippen LogP contribution in [0.25, 0.3) is 0 Å². The van der Waals surface area contributed by atoms with E-state index in [9.17, 15) is 23.5 Å². The zero-order chi connectivity index (χ0) is 20.1. The predicted molar refractivity (Wildman–Crippen MR) is 101 cm³/mol. The Bertz CT molecular complexity index is 839. The van der Waals surface area contributed by atoms with Crippen molar-refractivity contribution in [2.75, 3.05) is 18.6 Å². The van der Waals surface area contributed by atoms with Gasteiger partial charge in [0.25, 0.3) is 0 Å². The summed E-state index contributed by atoms with van der Waals surface area (Å²) in [7, 11) is 1.65. The number of halogens is 3. The molecule has 1 aromatic heterocycles. The van der Waals surface area contributed by atoms with Gasteiger partial charge in [0.1, 0.15) is 22.2 Å². The Morgan fingerprint density at radius 2 is 1.93 bits per heavy atom. The minimum absolute atomic E-state index is 0.0212. The Hall–Kier alpha value is -2.04. The van der Waals surface area contributed by atoms with Gasteiger partial charge < -0.3 is 15.2 Å². The van der Waals surface area contributed by atoms with E-state index in [4.69, 9.17) is 4.74 Å². The standard InChI is InChI=1S/C17H17BrF2N2O4S/c1-3-26-17(25)22(8-10-11(19)5-4-6-12(10)20)15-13(16(23)24)9(7-21-2)14(18)27-15/h4-6,21H,3,7-8H2,1-2H3,(H,23,24). The molecule has 10 heteroatoms. The van der Waals surface area contributed by atoms with Crippen LogP contribution in [0.15, 0.2) is 22.0 Å². The summed E-state index contributed by atoms with van der Waals surface area (Å²) in [5, 5.41) is 12.5. The molecule has 0 bridgehead atoms. The van der Waals surface area contributed by atoms with Crippen LogP contribution in [0, 0.1) is 11.6 Å². The van der Waals surface area contributed by atoms with Gasteiger partial charge in [0.15, 0.2) is 0 Å². The van der Waals surface area contributed by atoms with E-state index in [-0.39, 0.29) is 29.3 Å². The first-order valence-electron chi connectivity index (χ1n) is 7.88. The molecule has 2 rings (SSSR count). The van der Waals surface area contributed by atoms with Gasteiger partial charge in [-0.2, -0.15) is 0 Å². The van der Waals surface area contributed by atoms with Gasteiger partial charge >= 0.3 is 12.1 Å². The summed E-state index contributed by atoms with van der Waals surface area (Å²) in [6.45, 7) is 1.31. The number of thiophene rings is 1. The van der Waals surface area contributed by atoms with Crippen LogP contribution in [0.2, 0.25) is 0 Å². The second kappa shape index (κ2) is 9.25. The van der Waals surface area contributed by atoms with Crippen molar-refractivity contribution in [1.82, 2.24) is 5.32 Å². The summed E-state index contributed by atoms with van der Waals surface area (Å²) in [6, 6.07) is 3.34. The largest absolute Gasteiger partial charge is 0.478 e. The normalized spacial score (nSPS) is 10.7. The molecular formula is C17H17BrF2N2O4S. The average molecular weight is 463 g/mol. The predicted octanol–water partition coefficient (Wildman–Crippen LogP) is 4.37. The number of nitrogens with zero attached hydrogens (tertiary/aromatic N) is 1. The molecule has 2 aromatic rings. The molecule has 0 aliphatic heterocycles. The van der Waals surface area contributed by atoms with Crippen molar-refractivity contribution in [2.45, 2.75) is 20.0 Å². The van der Waals surface area contributed by atoms with Gasteiger partial charge in [-0.05, 0) is 42.0 Å². The third-order valence-corrected chi connectivity index (χ3v) is 5.63. The Morgan fingerprint density at radius 3 is 2.44 bits per heavy atom. The lowest BCUT2D eigenvalue weighted by Crippen LogP contribution is -2.32. The number of amides is 1. The number of carbonyl (C=O) groups excluding carboxylic acids is 1. The van der Waals surface area contributed by atoms with E-state index in [0.717, 1.165) is 28.4 Å². The van der Waals surface area contributed by atoms with Crippen molar-refractivity contribution in [1.29, 1.82) is 0 Å². The Kier molecular flexibility index (Phi) is 7.28. The Morgan fingerprint density at radius 1 is 1.30 bits per heavy atom. The summed E-state index contributed by atoms with van der Waals surface area (Å²) < 4.78 is 33.7. The maximum atomic E-state index is 14.1. The highest BCUT2D eigenvalue weighted by Gasteiger charge is 2.31. The van der Waals surface area contributed by atoms with Gasteiger partial charge in [-0.3, -0.25) is 4.90 Å². The number of ether oxygens (including phenoxy) is 1. The Balaban J connectivity index is 2.60. The third-order valence-electron chi connectivity index (χ3n) is 3.62. The minimum Gasteiger partial charge on any atom is -0.478 e. The van der Waals surface area contributed by atoms with Crippen LogP contribution in [0.1, 0.15) is 28.4 Å². The first kappa shape index (κ1) is 21.3. The first-order valence-corrected chi connectivity index (χ1v) is 9.48. The fourth-order valence-electron chi connectivity index (χ4n) is 2.43. The second-order valence-electron chi connectivity index (χ2n) is 5.36. The SMILES string of the molecule is CCOC(=O)N(Cc1c(F)cccc1F)c1sc(Br)c(CNC)c1C(=O)O. The fraction of sp³-hybridized carbons (Fsp3) is 0.294. The molecule has 1 amide bonds. The number of aromatic carboxylic acids is 1. The summed E-state index contributed by atoms with van der Waals surface area (Å²) in [6.07, 6.45) is -0.896. The van der Waals surface area contributed by atoms with E-state index in [2.05, 4.69) is 21.2 Å². The summed E-state index contributed by atoms with van der Waals surface area (Å²) in [4.78, 5) is 25.2. The van der Waals surface area contributed by atoms with Crippen molar-refractivity contribution >= 4 is 44.3 Å². The molecule has 27 heavy (non-hydrogen) atoms. The van der Waals surface area contributed by atoms with E-state index in [1.54, 1.807) is 14.0 Å². The monoisotopic (exact) mass is 462 g/mol. The van der Waals surface area contributed by atoms with Crippen molar-refractivity contribution in [3.8, 4) is 0 Å². The van der Waals surface area contributed by atoms with Crippen molar-refractivity contribution < 1.29 is 28.2 Å². The lowest BCUT2D eigenvalue weighted by atomic mass is 10.1. The molecule has 1 aromatic carbocycles. The number of hydrogen-bond acceptors (Lipinski definition) is 5. The van der Waals surface area contributed by atoms with Crippen LogP contribution < -0.4 is 10.2 Å². The summed E-state index contributed by atoms with van der Waals surface area (Å²) >= 11 is 4.27. The topological polar surface area (TPSA) is 78.9 Å². The highest BCUT2D eigenvalue weighted by molar-refractivity contribution is 9.11. The minimum atomic E-state index is -1.26. The maximum Gasteiger partial charge on any atom is 0.415 e. The van der Waals surface area contributed by atoms with Crippen LogP contribution >= 0.6 is 27.3 Å². The average Bonchev–Trinajstić information content (AvgIpc) is 2.91. The van der Waals surface area contributed by atoms with Crippen molar-refractivity contribution in [3.05, 3.63) is 50.3 Å². The summed E-state index contributed by atoms with van der Waals surface area (Å²) in [5.74, 6) is -2.94. The number of hydrogen-bond donors (Lipinski definition) is 2. The van der Waals surface area contributed by atoms with Gasteiger partial charge in [-0.15, -0.1) is 11.3 Å². The van der Waals surface area contributed by atoms with Gasteiger partial charge in [-0.25, -0.2) is 18.4 Å². The van der Waals surface area contributed by atoms with E-state index >= 15 is 0 Å². The van der Waals surface area contributed by atoms with E-state index < -0.39 is 30.2 Å². The molecular weight excluding hydrogens is 446 g/mol. The quantitative estimate of drug-likeness (QED) is 0.638. The van der Waals surface area contributed by atoms with Gasteiger partial charge in [0.05, 0.1) is 16.9 Å². The molecule has 0 radical (unpaired) electrons.